The van der Waals surface area contributed by atoms with Gasteiger partial charge in [0, 0.05) is 52.0 Å². The molecule has 0 saturated carbocycles. The highest BCUT2D eigenvalue weighted by molar-refractivity contribution is 6.31. The monoisotopic (exact) mass is 650 g/mol. The molecular weight excluding hydrogens is 608 g/mol. The molecule has 1 amide bonds. The van der Waals surface area contributed by atoms with Gasteiger partial charge in [-0.1, -0.05) is 87.8 Å². The number of nitrogens with one attached hydrogen (secondary N) is 1. The van der Waals surface area contributed by atoms with Gasteiger partial charge in [-0.2, -0.15) is 0 Å². The highest BCUT2D eigenvalue weighted by atomic mass is 35.5. The summed E-state index contributed by atoms with van der Waals surface area (Å²) in [6.07, 6.45) is 2.29. The summed E-state index contributed by atoms with van der Waals surface area (Å²) in [6.45, 7) is 12.5. The lowest BCUT2D eigenvalue weighted by Crippen LogP contribution is -2.45. The molecule has 244 valence electrons. The Morgan fingerprint density at radius 1 is 0.872 bits per heavy atom. The second kappa shape index (κ2) is 12.5. The highest BCUT2D eigenvalue weighted by Crippen LogP contribution is 2.56. The van der Waals surface area contributed by atoms with Crippen molar-refractivity contribution in [3.63, 3.8) is 0 Å². The number of amides is 1. The zero-order valence-corrected chi connectivity index (χ0v) is 28.8. The number of hydrogen-bond acceptors (Lipinski definition) is 5. The van der Waals surface area contributed by atoms with Crippen LogP contribution in [0.2, 0.25) is 5.02 Å². The molecule has 1 heterocycles. The van der Waals surface area contributed by atoms with E-state index >= 15 is 0 Å². The third-order valence-corrected chi connectivity index (χ3v) is 10.0. The number of aryl methyl sites for hydroxylation is 1. The van der Waals surface area contributed by atoms with E-state index in [4.69, 9.17) is 16.3 Å². The zero-order valence-electron chi connectivity index (χ0n) is 28.1. The number of hydrogen-bond donors (Lipinski definition) is 1. The Morgan fingerprint density at radius 3 is 2.09 bits per heavy atom. The Labute approximate surface area is 282 Å². The van der Waals surface area contributed by atoms with Crippen LogP contribution in [-0.2, 0) is 14.4 Å². The molecule has 1 atom stereocenters. The lowest BCUT2D eigenvalue weighted by molar-refractivity contribution is -0.120. The van der Waals surface area contributed by atoms with Crippen LogP contribution in [0.1, 0.15) is 89.0 Å². The zero-order chi connectivity index (χ0) is 33.7. The van der Waals surface area contributed by atoms with Gasteiger partial charge in [-0.05, 0) is 78.5 Å². The van der Waals surface area contributed by atoms with E-state index in [2.05, 4.69) is 57.0 Å². The number of ketones is 2. The number of halogens is 1. The van der Waals surface area contributed by atoms with Crippen LogP contribution < -0.4 is 10.1 Å². The average molecular weight is 651 g/mol. The van der Waals surface area contributed by atoms with Crippen LogP contribution in [0, 0.1) is 17.8 Å². The number of benzene rings is 3. The van der Waals surface area contributed by atoms with Crippen LogP contribution in [0.4, 0.5) is 5.69 Å². The molecule has 0 bridgehead atoms. The molecule has 1 N–H and O–H groups in total. The standard InChI is InChI=1S/C40H43ClN2O4/c1-24-15-16-28(18-30(24)41)42-35(46)23-47-29-14-10-13-27(17-29)36-37-31(19-39(3,4)21-33(37)44)43(25(2)26-11-8-7-9-12-26)32-20-40(5,6)22-34(45)38(32)36/h7-18,25,36H,19-23H2,1-6H3,(H,42,46). The fourth-order valence-electron chi connectivity index (χ4n) is 7.48. The fourth-order valence-corrected chi connectivity index (χ4v) is 7.66. The van der Waals surface area contributed by atoms with Crippen LogP contribution in [0.25, 0.3) is 0 Å². The number of ether oxygens (including phenoxy) is 1. The quantitative estimate of drug-likeness (QED) is 0.276. The minimum atomic E-state index is -0.501. The molecule has 6 nitrogen and oxygen atoms in total. The van der Waals surface area contributed by atoms with Crippen LogP contribution in [0.3, 0.4) is 0 Å². The van der Waals surface area contributed by atoms with Gasteiger partial charge in [-0.25, -0.2) is 0 Å². The Balaban J connectivity index is 1.40. The smallest absolute Gasteiger partial charge is 0.262 e. The highest BCUT2D eigenvalue weighted by Gasteiger charge is 2.50. The van der Waals surface area contributed by atoms with E-state index < -0.39 is 5.92 Å². The van der Waals surface area contributed by atoms with E-state index in [0.717, 1.165) is 40.9 Å². The maximum atomic E-state index is 14.2. The Hall–Kier alpha value is -4.16. The fraction of sp³-hybridized carbons (Fsp3) is 0.375. The first-order valence-corrected chi connectivity index (χ1v) is 16.8. The van der Waals surface area contributed by atoms with Crippen LogP contribution in [0.15, 0.2) is 95.3 Å². The van der Waals surface area contributed by atoms with Gasteiger partial charge in [0.1, 0.15) is 5.75 Å². The molecule has 0 spiro atoms. The van der Waals surface area contributed by atoms with Crippen molar-refractivity contribution >= 4 is 34.8 Å². The summed E-state index contributed by atoms with van der Waals surface area (Å²) in [4.78, 5) is 43.6. The van der Waals surface area contributed by atoms with Crippen LogP contribution in [0.5, 0.6) is 5.75 Å². The Bertz CT molecular complexity index is 1770. The summed E-state index contributed by atoms with van der Waals surface area (Å²) in [5.41, 5.74) is 6.49. The number of rotatable bonds is 7. The third-order valence-electron chi connectivity index (χ3n) is 9.64. The van der Waals surface area contributed by atoms with Gasteiger partial charge >= 0.3 is 0 Å². The van der Waals surface area contributed by atoms with Crippen molar-refractivity contribution in [1.82, 2.24) is 4.90 Å². The number of Topliss-reactive ketones (excluding diaryl/α,β-unsaturated/α-hetero) is 2. The second-order valence-electron chi connectivity index (χ2n) is 14.9. The predicted molar refractivity (Wildman–Crippen MR) is 186 cm³/mol. The molecule has 0 aromatic heterocycles. The van der Waals surface area contributed by atoms with E-state index in [0.29, 0.717) is 40.4 Å². The molecule has 1 aliphatic heterocycles. The summed E-state index contributed by atoms with van der Waals surface area (Å²) in [5, 5.41) is 3.40. The number of anilines is 1. The van der Waals surface area contributed by atoms with E-state index in [-0.39, 0.29) is 41.0 Å². The maximum Gasteiger partial charge on any atom is 0.262 e. The van der Waals surface area contributed by atoms with Gasteiger partial charge in [-0.3, -0.25) is 14.4 Å². The average Bonchev–Trinajstić information content (AvgIpc) is 3.00. The molecule has 0 radical (unpaired) electrons. The summed E-state index contributed by atoms with van der Waals surface area (Å²) >= 11 is 6.23. The summed E-state index contributed by atoms with van der Waals surface area (Å²) in [7, 11) is 0. The number of nitrogens with zero attached hydrogens (tertiary/aromatic N) is 1. The molecule has 7 heteroatoms. The molecule has 2 aliphatic carbocycles. The largest absolute Gasteiger partial charge is 0.484 e. The molecule has 3 aromatic carbocycles. The molecule has 47 heavy (non-hydrogen) atoms. The first-order valence-electron chi connectivity index (χ1n) is 16.4. The number of allylic oxidation sites excluding steroid dienone is 4. The van der Waals surface area contributed by atoms with Crippen molar-refractivity contribution in [2.45, 2.75) is 79.2 Å². The van der Waals surface area contributed by atoms with Gasteiger partial charge in [0.05, 0.1) is 6.04 Å². The molecule has 3 aromatic rings. The van der Waals surface area contributed by atoms with Gasteiger partial charge < -0.3 is 15.0 Å². The van der Waals surface area contributed by atoms with Crippen molar-refractivity contribution in [2.75, 3.05) is 11.9 Å². The van der Waals surface area contributed by atoms with E-state index in [1.54, 1.807) is 18.2 Å². The molecule has 1 unspecified atom stereocenters. The first kappa shape index (κ1) is 32.8. The van der Waals surface area contributed by atoms with Crippen molar-refractivity contribution in [3.8, 4) is 5.75 Å². The van der Waals surface area contributed by atoms with Crippen molar-refractivity contribution in [3.05, 3.63) is 117 Å². The molecule has 3 aliphatic rings. The Morgan fingerprint density at radius 2 is 1.49 bits per heavy atom. The van der Waals surface area contributed by atoms with E-state index in [1.807, 2.05) is 49.4 Å². The van der Waals surface area contributed by atoms with Gasteiger partial charge in [0.25, 0.3) is 5.91 Å². The van der Waals surface area contributed by atoms with E-state index in [1.165, 1.54) is 0 Å². The molecule has 0 fully saturated rings. The lowest BCUT2D eigenvalue weighted by atomic mass is 9.63. The Kier molecular flexibility index (Phi) is 8.69. The van der Waals surface area contributed by atoms with Gasteiger partial charge in [0.15, 0.2) is 18.2 Å². The third kappa shape index (κ3) is 6.66. The summed E-state index contributed by atoms with van der Waals surface area (Å²) in [6, 6.07) is 23.1. The molecular formula is C40H43ClN2O4. The van der Waals surface area contributed by atoms with Crippen molar-refractivity contribution < 1.29 is 19.1 Å². The SMILES string of the molecule is Cc1ccc(NC(=O)COc2cccc(C3C4=C(CC(C)(C)CC4=O)N(C(C)c4ccccc4)C4=C3C(=O)CC(C)(C)C4)c2)cc1Cl. The lowest BCUT2D eigenvalue weighted by Gasteiger charge is -2.51. The normalized spacial score (nSPS) is 19.7. The number of carbonyl (C=O) groups excluding carboxylic acids is 3. The maximum absolute atomic E-state index is 14.2. The summed E-state index contributed by atoms with van der Waals surface area (Å²) in [5.74, 6) is -0.158. The van der Waals surface area contributed by atoms with Crippen LogP contribution in [-0.4, -0.2) is 29.0 Å². The van der Waals surface area contributed by atoms with E-state index in [9.17, 15) is 14.4 Å². The summed E-state index contributed by atoms with van der Waals surface area (Å²) < 4.78 is 5.98. The van der Waals surface area contributed by atoms with Gasteiger partial charge in [-0.15, -0.1) is 0 Å². The predicted octanol–water partition coefficient (Wildman–Crippen LogP) is 9.11. The second-order valence-corrected chi connectivity index (χ2v) is 15.3. The van der Waals surface area contributed by atoms with Crippen molar-refractivity contribution in [2.24, 2.45) is 10.8 Å². The minimum Gasteiger partial charge on any atom is -0.484 e. The number of carbonyl (C=O) groups is 3. The molecule has 6 rings (SSSR count). The van der Waals surface area contributed by atoms with Crippen molar-refractivity contribution in [1.29, 1.82) is 0 Å². The molecule has 0 saturated heterocycles. The van der Waals surface area contributed by atoms with Crippen LogP contribution >= 0.6 is 11.6 Å². The van der Waals surface area contributed by atoms with Gasteiger partial charge in [0.2, 0.25) is 0 Å². The minimum absolute atomic E-state index is 0.0628. The first-order chi connectivity index (χ1) is 22.2. The topological polar surface area (TPSA) is 75.7 Å².